The van der Waals surface area contributed by atoms with Crippen LogP contribution in [0.15, 0.2) is 6.07 Å². The van der Waals surface area contributed by atoms with Crippen molar-refractivity contribution < 1.29 is 0 Å². The van der Waals surface area contributed by atoms with Crippen molar-refractivity contribution >= 4 is 0 Å². The summed E-state index contributed by atoms with van der Waals surface area (Å²) >= 11 is 0. The molecule has 15 heavy (non-hydrogen) atoms. The van der Waals surface area contributed by atoms with E-state index in [1.54, 1.807) is 0 Å². The number of nitrogens with zero attached hydrogens (tertiary/aromatic N) is 2. The van der Waals surface area contributed by atoms with Gasteiger partial charge >= 0.3 is 0 Å². The van der Waals surface area contributed by atoms with E-state index in [-0.39, 0.29) is 6.04 Å². The fourth-order valence-corrected chi connectivity index (χ4v) is 2.24. The molecule has 1 unspecified atom stereocenters. The first-order chi connectivity index (χ1) is 7.26. The lowest BCUT2D eigenvalue weighted by Crippen LogP contribution is -2.37. The normalized spacial score (nSPS) is 18.9. The molecule has 1 aromatic rings. The third kappa shape index (κ3) is 1.92. The molecule has 0 aliphatic heterocycles. The number of hydrogen-bond donors (Lipinski definition) is 2. The second-order valence-corrected chi connectivity index (χ2v) is 4.37. The molecule has 1 fully saturated rings. The third-order valence-electron chi connectivity index (χ3n) is 3.45. The molecule has 0 saturated heterocycles. The maximum absolute atomic E-state index is 5.64. The van der Waals surface area contributed by atoms with Crippen LogP contribution in [-0.4, -0.2) is 9.78 Å². The number of nitrogens with one attached hydrogen (secondary N) is 1. The van der Waals surface area contributed by atoms with Crippen LogP contribution < -0.4 is 11.3 Å². The van der Waals surface area contributed by atoms with Crippen molar-refractivity contribution in [3.05, 3.63) is 17.5 Å². The maximum Gasteiger partial charge on any atom is 0.0657 e. The highest BCUT2D eigenvalue weighted by molar-refractivity contribution is 5.15. The van der Waals surface area contributed by atoms with Crippen LogP contribution in [0.2, 0.25) is 0 Å². The molecule has 1 aliphatic carbocycles. The second-order valence-electron chi connectivity index (χ2n) is 4.37. The predicted octanol–water partition coefficient (Wildman–Crippen LogP) is 1.29. The Morgan fingerprint density at radius 1 is 1.67 bits per heavy atom. The van der Waals surface area contributed by atoms with Gasteiger partial charge in [-0.1, -0.05) is 13.3 Å². The molecule has 1 aliphatic rings. The Balaban J connectivity index is 2.20. The van der Waals surface area contributed by atoms with E-state index < -0.39 is 0 Å². The van der Waals surface area contributed by atoms with Gasteiger partial charge in [0, 0.05) is 7.05 Å². The largest absolute Gasteiger partial charge is 0.271 e. The SMILES string of the molecule is CCc1cc(C(NN)C2CCC2)n(C)n1. The van der Waals surface area contributed by atoms with Gasteiger partial charge in [0.25, 0.3) is 0 Å². The van der Waals surface area contributed by atoms with Crippen LogP contribution in [0.1, 0.15) is 43.6 Å². The van der Waals surface area contributed by atoms with Crippen molar-refractivity contribution in [2.45, 2.75) is 38.6 Å². The predicted molar refractivity (Wildman–Crippen MR) is 60.0 cm³/mol. The molecule has 4 heteroatoms. The van der Waals surface area contributed by atoms with Crippen LogP contribution in [0, 0.1) is 5.92 Å². The van der Waals surface area contributed by atoms with Crippen molar-refractivity contribution in [1.29, 1.82) is 0 Å². The van der Waals surface area contributed by atoms with Crippen molar-refractivity contribution in [3.8, 4) is 0 Å². The van der Waals surface area contributed by atoms with Gasteiger partial charge in [-0.25, -0.2) is 0 Å². The fourth-order valence-electron chi connectivity index (χ4n) is 2.24. The average Bonchev–Trinajstić information content (AvgIpc) is 2.53. The number of aryl methyl sites for hydroxylation is 2. The molecule has 3 N–H and O–H groups in total. The highest BCUT2D eigenvalue weighted by Gasteiger charge is 2.29. The first kappa shape index (κ1) is 10.6. The molecule has 1 aromatic heterocycles. The number of aromatic nitrogens is 2. The van der Waals surface area contributed by atoms with Gasteiger partial charge in [-0.2, -0.15) is 5.10 Å². The van der Waals surface area contributed by atoms with Crippen molar-refractivity contribution in [2.24, 2.45) is 18.8 Å². The molecule has 0 amide bonds. The summed E-state index contributed by atoms with van der Waals surface area (Å²) < 4.78 is 1.96. The second kappa shape index (κ2) is 4.33. The zero-order valence-corrected chi connectivity index (χ0v) is 9.53. The maximum atomic E-state index is 5.64. The Bertz CT molecular complexity index is 327. The number of rotatable bonds is 4. The van der Waals surface area contributed by atoms with Crippen molar-refractivity contribution in [1.82, 2.24) is 15.2 Å². The lowest BCUT2D eigenvalue weighted by atomic mass is 9.78. The molecule has 0 spiro atoms. The highest BCUT2D eigenvalue weighted by atomic mass is 15.3. The molecule has 1 heterocycles. The Morgan fingerprint density at radius 2 is 2.40 bits per heavy atom. The smallest absolute Gasteiger partial charge is 0.0657 e. The van der Waals surface area contributed by atoms with Gasteiger partial charge < -0.3 is 0 Å². The average molecular weight is 208 g/mol. The van der Waals surface area contributed by atoms with Gasteiger partial charge in [-0.15, -0.1) is 0 Å². The summed E-state index contributed by atoms with van der Waals surface area (Å²) in [4.78, 5) is 0. The molecule has 1 atom stereocenters. The monoisotopic (exact) mass is 208 g/mol. The molecule has 4 nitrogen and oxygen atoms in total. The summed E-state index contributed by atoms with van der Waals surface area (Å²) in [6, 6.07) is 2.44. The molecular formula is C11H20N4. The quantitative estimate of drug-likeness (QED) is 0.579. The van der Waals surface area contributed by atoms with Gasteiger partial charge in [-0.05, 0) is 31.2 Å². The third-order valence-corrected chi connectivity index (χ3v) is 3.45. The standard InChI is InChI=1S/C11H20N4/c1-3-9-7-10(15(2)14-9)11(13-12)8-5-4-6-8/h7-8,11,13H,3-6,12H2,1-2H3. The topological polar surface area (TPSA) is 55.9 Å². The summed E-state index contributed by atoms with van der Waals surface area (Å²) in [6.07, 6.45) is 4.88. The van der Waals surface area contributed by atoms with E-state index in [9.17, 15) is 0 Å². The number of nitrogens with two attached hydrogens (primary N) is 1. The summed E-state index contributed by atoms with van der Waals surface area (Å²) in [5.41, 5.74) is 5.30. The van der Waals surface area contributed by atoms with E-state index in [2.05, 4.69) is 23.5 Å². The van der Waals surface area contributed by atoms with Gasteiger partial charge in [0.05, 0.1) is 17.4 Å². The molecule has 84 valence electrons. The molecule has 0 aromatic carbocycles. The van der Waals surface area contributed by atoms with Crippen LogP contribution in [0.4, 0.5) is 0 Å². The number of hydrogen-bond acceptors (Lipinski definition) is 3. The lowest BCUT2D eigenvalue weighted by molar-refractivity contribution is 0.224. The van der Waals surface area contributed by atoms with Crippen LogP contribution in [-0.2, 0) is 13.5 Å². The minimum atomic E-state index is 0.275. The Hall–Kier alpha value is -0.870. The summed E-state index contributed by atoms with van der Waals surface area (Å²) in [6.45, 7) is 2.13. The summed E-state index contributed by atoms with van der Waals surface area (Å²) in [5, 5.41) is 4.46. The first-order valence-corrected chi connectivity index (χ1v) is 5.75. The summed E-state index contributed by atoms with van der Waals surface area (Å²) in [5.74, 6) is 6.33. The fraction of sp³-hybridized carbons (Fsp3) is 0.727. The van der Waals surface area contributed by atoms with Crippen LogP contribution in [0.3, 0.4) is 0 Å². The Kier molecular flexibility index (Phi) is 3.07. The molecule has 2 rings (SSSR count). The Labute approximate surface area is 90.8 Å². The van der Waals surface area contributed by atoms with Crippen molar-refractivity contribution in [2.75, 3.05) is 0 Å². The van der Waals surface area contributed by atoms with E-state index in [0.717, 1.165) is 12.1 Å². The lowest BCUT2D eigenvalue weighted by Gasteiger charge is -2.33. The first-order valence-electron chi connectivity index (χ1n) is 5.75. The van der Waals surface area contributed by atoms with Gasteiger partial charge in [0.15, 0.2) is 0 Å². The van der Waals surface area contributed by atoms with E-state index in [1.165, 1.54) is 25.0 Å². The van der Waals surface area contributed by atoms with E-state index >= 15 is 0 Å². The molecule has 0 bridgehead atoms. The number of hydrazine groups is 1. The molecule has 0 radical (unpaired) electrons. The summed E-state index contributed by atoms with van der Waals surface area (Å²) in [7, 11) is 2.00. The zero-order chi connectivity index (χ0) is 10.8. The van der Waals surface area contributed by atoms with E-state index in [4.69, 9.17) is 5.84 Å². The minimum Gasteiger partial charge on any atom is -0.271 e. The van der Waals surface area contributed by atoms with Crippen LogP contribution in [0.5, 0.6) is 0 Å². The van der Waals surface area contributed by atoms with E-state index in [1.807, 2.05) is 11.7 Å². The van der Waals surface area contributed by atoms with Gasteiger partial charge in [0.1, 0.15) is 0 Å². The van der Waals surface area contributed by atoms with Crippen molar-refractivity contribution in [3.63, 3.8) is 0 Å². The van der Waals surface area contributed by atoms with Gasteiger partial charge in [-0.3, -0.25) is 16.0 Å². The van der Waals surface area contributed by atoms with E-state index in [0.29, 0.717) is 5.92 Å². The highest BCUT2D eigenvalue weighted by Crippen LogP contribution is 2.37. The van der Waals surface area contributed by atoms with Crippen LogP contribution >= 0.6 is 0 Å². The van der Waals surface area contributed by atoms with Crippen LogP contribution in [0.25, 0.3) is 0 Å². The van der Waals surface area contributed by atoms with Gasteiger partial charge in [0.2, 0.25) is 0 Å². The zero-order valence-electron chi connectivity index (χ0n) is 9.53. The molecule has 1 saturated carbocycles. The molecular weight excluding hydrogens is 188 g/mol. The minimum absolute atomic E-state index is 0.275. The Morgan fingerprint density at radius 3 is 2.80 bits per heavy atom.